The number of benzene rings is 1. The molecule has 1 aliphatic rings. The molecule has 2 heterocycles. The number of rotatable bonds is 1. The van der Waals surface area contributed by atoms with Crippen LogP contribution in [-0.2, 0) is 6.42 Å². The fourth-order valence-electron chi connectivity index (χ4n) is 2.27. The van der Waals surface area contributed by atoms with E-state index in [1.165, 1.54) is 11.3 Å². The third-order valence-corrected chi connectivity index (χ3v) is 3.32. The van der Waals surface area contributed by atoms with Gasteiger partial charge in [-0.25, -0.2) is 4.98 Å². The Hall–Kier alpha value is -1.32. The summed E-state index contributed by atoms with van der Waals surface area (Å²) in [6.07, 6.45) is 2.85. The van der Waals surface area contributed by atoms with Crippen LogP contribution in [0.5, 0.6) is 0 Å². The van der Waals surface area contributed by atoms with Gasteiger partial charge >= 0.3 is 0 Å². The normalized spacial score (nSPS) is 19.4. The molecule has 3 rings (SSSR count). The lowest BCUT2D eigenvalue weighted by Crippen LogP contribution is -2.87. The van der Waals surface area contributed by atoms with Gasteiger partial charge in [-0.05, 0) is 12.1 Å². The van der Waals surface area contributed by atoms with Crippen LogP contribution in [0.1, 0.15) is 23.0 Å². The number of halogens is 1. The molecule has 1 aliphatic heterocycles. The van der Waals surface area contributed by atoms with Gasteiger partial charge in [0.25, 0.3) is 0 Å². The lowest BCUT2D eigenvalue weighted by atomic mass is 9.98. The molecule has 1 atom stereocenters. The van der Waals surface area contributed by atoms with E-state index in [4.69, 9.17) is 11.6 Å². The maximum Gasteiger partial charge on any atom is 0.156 e. The van der Waals surface area contributed by atoms with E-state index in [0.717, 1.165) is 23.7 Å². The summed E-state index contributed by atoms with van der Waals surface area (Å²) >= 11 is 5.90. The molecular weight excluding hydrogens is 222 g/mol. The molecule has 0 unspecified atom stereocenters. The standard InChI is InChI=1S/C12H12ClN3/c13-9-3-1-8(2-4-9)11-12-10(5-6-14-11)15-7-16-12/h1-4,7,11,14H,5-6H2,(H,15,16)/p+1/t11-/m1/s1. The molecular formula is C12H13ClN3+. The molecule has 2 aromatic rings. The molecule has 0 aliphatic carbocycles. The molecule has 3 N–H and O–H groups in total. The van der Waals surface area contributed by atoms with Gasteiger partial charge in [0.15, 0.2) is 6.04 Å². The molecule has 1 aromatic heterocycles. The van der Waals surface area contributed by atoms with Crippen LogP contribution in [0.3, 0.4) is 0 Å². The molecule has 0 fully saturated rings. The summed E-state index contributed by atoms with van der Waals surface area (Å²) in [5.74, 6) is 0. The van der Waals surface area contributed by atoms with Crippen molar-refractivity contribution in [1.29, 1.82) is 0 Å². The summed E-state index contributed by atoms with van der Waals surface area (Å²) in [6.45, 7) is 1.10. The van der Waals surface area contributed by atoms with E-state index in [1.807, 2.05) is 12.1 Å². The molecule has 3 nitrogen and oxygen atoms in total. The third kappa shape index (κ3) is 1.62. The molecule has 16 heavy (non-hydrogen) atoms. The van der Waals surface area contributed by atoms with Gasteiger partial charge in [-0.1, -0.05) is 23.7 Å². The summed E-state index contributed by atoms with van der Waals surface area (Å²) < 4.78 is 0. The van der Waals surface area contributed by atoms with Crippen molar-refractivity contribution in [3.05, 3.63) is 52.6 Å². The van der Waals surface area contributed by atoms with E-state index in [-0.39, 0.29) is 0 Å². The Bertz CT molecular complexity index is 489. The molecule has 0 saturated carbocycles. The van der Waals surface area contributed by atoms with E-state index in [0.29, 0.717) is 6.04 Å². The average molecular weight is 235 g/mol. The fraction of sp³-hybridized carbons (Fsp3) is 0.250. The largest absolute Gasteiger partial charge is 0.348 e. The second-order valence-corrected chi connectivity index (χ2v) is 4.51. The number of aromatic nitrogens is 2. The van der Waals surface area contributed by atoms with E-state index >= 15 is 0 Å². The van der Waals surface area contributed by atoms with Gasteiger partial charge in [-0.2, -0.15) is 0 Å². The van der Waals surface area contributed by atoms with Gasteiger partial charge in [0.05, 0.1) is 12.9 Å². The van der Waals surface area contributed by atoms with Gasteiger partial charge in [0.2, 0.25) is 0 Å². The van der Waals surface area contributed by atoms with Crippen molar-refractivity contribution < 1.29 is 5.32 Å². The predicted molar refractivity (Wildman–Crippen MR) is 62.4 cm³/mol. The number of nitrogens with zero attached hydrogens (tertiary/aromatic N) is 1. The molecule has 0 amide bonds. The fourth-order valence-corrected chi connectivity index (χ4v) is 2.40. The van der Waals surface area contributed by atoms with E-state index < -0.39 is 0 Å². The Labute approximate surface area is 98.9 Å². The summed E-state index contributed by atoms with van der Waals surface area (Å²) in [5, 5.41) is 3.11. The summed E-state index contributed by atoms with van der Waals surface area (Å²) in [6, 6.07) is 8.34. The minimum Gasteiger partial charge on any atom is -0.348 e. The number of nitrogens with two attached hydrogens (primary N) is 1. The number of hydrogen-bond donors (Lipinski definition) is 2. The minimum absolute atomic E-state index is 0.312. The van der Waals surface area contributed by atoms with Crippen molar-refractivity contribution in [2.75, 3.05) is 6.54 Å². The molecule has 0 radical (unpaired) electrons. The first-order valence-corrected chi connectivity index (χ1v) is 5.83. The van der Waals surface area contributed by atoms with Crippen LogP contribution in [-0.4, -0.2) is 16.5 Å². The molecule has 1 aromatic carbocycles. The highest BCUT2D eigenvalue weighted by Gasteiger charge is 2.26. The number of hydrogen-bond acceptors (Lipinski definition) is 1. The lowest BCUT2D eigenvalue weighted by Gasteiger charge is -2.19. The quantitative estimate of drug-likeness (QED) is 0.767. The topological polar surface area (TPSA) is 45.3 Å². The van der Waals surface area contributed by atoms with Gasteiger partial charge in [0, 0.05) is 22.7 Å². The van der Waals surface area contributed by atoms with Crippen molar-refractivity contribution >= 4 is 11.6 Å². The monoisotopic (exact) mass is 234 g/mol. The Morgan fingerprint density at radius 1 is 1.31 bits per heavy atom. The predicted octanol–water partition coefficient (Wildman–Crippen LogP) is 1.27. The van der Waals surface area contributed by atoms with Crippen molar-refractivity contribution in [1.82, 2.24) is 9.97 Å². The summed E-state index contributed by atoms with van der Waals surface area (Å²) in [4.78, 5) is 7.63. The van der Waals surface area contributed by atoms with Crippen LogP contribution in [0.15, 0.2) is 30.6 Å². The van der Waals surface area contributed by atoms with Crippen LogP contribution in [0.2, 0.25) is 5.02 Å². The summed E-state index contributed by atoms with van der Waals surface area (Å²) in [5.41, 5.74) is 3.69. The van der Waals surface area contributed by atoms with Crippen LogP contribution in [0.4, 0.5) is 0 Å². The molecule has 82 valence electrons. The molecule has 0 saturated heterocycles. The smallest absolute Gasteiger partial charge is 0.156 e. The van der Waals surface area contributed by atoms with Crippen LogP contribution < -0.4 is 5.32 Å². The number of H-pyrrole nitrogens is 1. The SMILES string of the molecule is Clc1ccc([C@H]2[NH2+]CCc3[nH]cnc32)cc1. The Kier molecular flexibility index (Phi) is 2.42. The Morgan fingerprint density at radius 2 is 2.12 bits per heavy atom. The van der Waals surface area contributed by atoms with E-state index in [1.54, 1.807) is 6.33 Å². The number of nitrogens with one attached hydrogen (secondary N) is 1. The van der Waals surface area contributed by atoms with Crippen molar-refractivity contribution in [2.24, 2.45) is 0 Å². The highest BCUT2D eigenvalue weighted by Crippen LogP contribution is 2.22. The van der Waals surface area contributed by atoms with Crippen molar-refractivity contribution in [2.45, 2.75) is 12.5 Å². The first-order valence-electron chi connectivity index (χ1n) is 5.45. The number of aromatic amines is 1. The first kappa shape index (κ1) is 9.87. The average Bonchev–Trinajstić information content (AvgIpc) is 2.78. The number of imidazole rings is 1. The number of fused-ring (bicyclic) bond motifs is 1. The third-order valence-electron chi connectivity index (χ3n) is 3.07. The van der Waals surface area contributed by atoms with Crippen LogP contribution in [0, 0.1) is 0 Å². The van der Waals surface area contributed by atoms with E-state index in [9.17, 15) is 0 Å². The van der Waals surface area contributed by atoms with E-state index in [2.05, 4.69) is 27.4 Å². The highest BCUT2D eigenvalue weighted by atomic mass is 35.5. The van der Waals surface area contributed by atoms with Crippen LogP contribution >= 0.6 is 11.6 Å². The molecule has 4 heteroatoms. The second kappa shape index (κ2) is 3.92. The highest BCUT2D eigenvalue weighted by molar-refractivity contribution is 6.30. The van der Waals surface area contributed by atoms with Crippen molar-refractivity contribution in [3.8, 4) is 0 Å². The van der Waals surface area contributed by atoms with Gasteiger partial charge in [-0.3, -0.25) is 0 Å². The number of quaternary nitrogens is 1. The molecule has 0 bridgehead atoms. The summed E-state index contributed by atoms with van der Waals surface area (Å²) in [7, 11) is 0. The zero-order valence-electron chi connectivity index (χ0n) is 8.78. The Morgan fingerprint density at radius 3 is 2.94 bits per heavy atom. The van der Waals surface area contributed by atoms with Gasteiger partial charge in [-0.15, -0.1) is 0 Å². The first-order chi connectivity index (χ1) is 7.84. The minimum atomic E-state index is 0.312. The van der Waals surface area contributed by atoms with Gasteiger partial charge in [0.1, 0.15) is 5.69 Å². The van der Waals surface area contributed by atoms with Crippen LogP contribution in [0.25, 0.3) is 0 Å². The lowest BCUT2D eigenvalue weighted by molar-refractivity contribution is -0.690. The van der Waals surface area contributed by atoms with Crippen molar-refractivity contribution in [3.63, 3.8) is 0 Å². The zero-order chi connectivity index (χ0) is 11.0. The molecule has 0 spiro atoms. The Balaban J connectivity index is 2.00. The zero-order valence-corrected chi connectivity index (χ0v) is 9.54. The maximum atomic E-state index is 5.90. The maximum absolute atomic E-state index is 5.90. The second-order valence-electron chi connectivity index (χ2n) is 4.07. The van der Waals surface area contributed by atoms with Gasteiger partial charge < -0.3 is 10.3 Å².